The van der Waals surface area contributed by atoms with E-state index < -0.39 is 0 Å². The van der Waals surface area contributed by atoms with Crippen molar-refractivity contribution in [1.82, 2.24) is 20.5 Å². The molecule has 0 aliphatic carbocycles. The first-order valence-corrected chi connectivity index (χ1v) is 8.44. The number of hydrogen-bond acceptors (Lipinski definition) is 4. The van der Waals surface area contributed by atoms with Gasteiger partial charge >= 0.3 is 0 Å². The van der Waals surface area contributed by atoms with E-state index in [9.17, 15) is 4.79 Å². The summed E-state index contributed by atoms with van der Waals surface area (Å²) in [5.41, 5.74) is 1.22. The van der Waals surface area contributed by atoms with Crippen LogP contribution < -0.4 is 5.32 Å². The quantitative estimate of drug-likeness (QED) is 0.683. The molecule has 0 saturated heterocycles. The number of nitrogens with one attached hydrogen (secondary N) is 2. The van der Waals surface area contributed by atoms with Gasteiger partial charge in [-0.05, 0) is 29.7 Å². The van der Waals surface area contributed by atoms with Crippen LogP contribution in [0.3, 0.4) is 0 Å². The highest BCUT2D eigenvalue weighted by atomic mass is 32.2. The van der Waals surface area contributed by atoms with Crippen molar-refractivity contribution < 1.29 is 4.79 Å². The number of hydrogen-bond donors (Lipinski definition) is 2. The Morgan fingerprint density at radius 3 is 2.87 bits per heavy atom. The number of amides is 1. The molecule has 3 rings (SSSR count). The monoisotopic (exact) mass is 326 g/mol. The zero-order valence-corrected chi connectivity index (χ0v) is 13.6. The molecule has 1 amide bonds. The molecule has 118 valence electrons. The van der Waals surface area contributed by atoms with E-state index >= 15 is 0 Å². The summed E-state index contributed by atoms with van der Waals surface area (Å²) < 4.78 is 0. The number of carbonyl (C=O) groups is 1. The van der Waals surface area contributed by atoms with E-state index in [4.69, 9.17) is 0 Å². The number of carbonyl (C=O) groups excluding carboxylic acids is 1. The number of thioether (sulfide) groups is 1. The molecule has 23 heavy (non-hydrogen) atoms. The fourth-order valence-corrected chi connectivity index (χ4v) is 3.07. The Morgan fingerprint density at radius 1 is 1.26 bits per heavy atom. The summed E-state index contributed by atoms with van der Waals surface area (Å²) >= 11 is 1.34. The highest BCUT2D eigenvalue weighted by Crippen LogP contribution is 2.17. The SMILES string of the molecule is C[C@@H](Cc1ccc2ccccc2c1)NC(=O)CSc1ncn[nH]1. The van der Waals surface area contributed by atoms with Crippen LogP contribution in [-0.2, 0) is 11.2 Å². The van der Waals surface area contributed by atoms with Gasteiger partial charge in [-0.3, -0.25) is 9.89 Å². The van der Waals surface area contributed by atoms with Crippen LogP contribution in [0.5, 0.6) is 0 Å². The predicted octanol–water partition coefficient (Wildman–Crippen LogP) is 2.80. The minimum Gasteiger partial charge on any atom is -0.353 e. The molecule has 0 spiro atoms. The third-order valence-corrected chi connectivity index (χ3v) is 4.37. The minimum atomic E-state index is -0.000288. The van der Waals surface area contributed by atoms with Gasteiger partial charge in [0, 0.05) is 6.04 Å². The highest BCUT2D eigenvalue weighted by Gasteiger charge is 2.10. The molecule has 0 aliphatic heterocycles. The van der Waals surface area contributed by atoms with Gasteiger partial charge in [0.2, 0.25) is 5.91 Å². The van der Waals surface area contributed by atoms with Crippen molar-refractivity contribution in [3.8, 4) is 0 Å². The first kappa shape index (κ1) is 15.6. The molecule has 2 N–H and O–H groups in total. The highest BCUT2D eigenvalue weighted by molar-refractivity contribution is 7.99. The first-order chi connectivity index (χ1) is 11.2. The summed E-state index contributed by atoms with van der Waals surface area (Å²) in [6.45, 7) is 2.02. The Morgan fingerprint density at radius 2 is 2.09 bits per heavy atom. The summed E-state index contributed by atoms with van der Waals surface area (Å²) in [7, 11) is 0. The van der Waals surface area contributed by atoms with Gasteiger partial charge in [0.1, 0.15) is 6.33 Å². The third-order valence-electron chi connectivity index (χ3n) is 3.50. The summed E-state index contributed by atoms with van der Waals surface area (Å²) in [6, 6.07) is 14.8. The van der Waals surface area contributed by atoms with Crippen molar-refractivity contribution in [2.24, 2.45) is 0 Å². The van der Waals surface area contributed by atoms with Crippen LogP contribution in [0, 0.1) is 0 Å². The van der Waals surface area contributed by atoms with Crippen LogP contribution in [0.1, 0.15) is 12.5 Å². The minimum absolute atomic E-state index is 0.000288. The van der Waals surface area contributed by atoms with Gasteiger partial charge in [-0.1, -0.05) is 54.2 Å². The van der Waals surface area contributed by atoms with E-state index in [1.165, 1.54) is 34.4 Å². The topological polar surface area (TPSA) is 70.7 Å². The predicted molar refractivity (Wildman–Crippen MR) is 92.4 cm³/mol. The molecule has 1 atom stereocenters. The lowest BCUT2D eigenvalue weighted by atomic mass is 10.0. The maximum atomic E-state index is 12.0. The smallest absolute Gasteiger partial charge is 0.230 e. The lowest BCUT2D eigenvalue weighted by molar-refractivity contribution is -0.119. The Hall–Kier alpha value is -2.34. The maximum Gasteiger partial charge on any atom is 0.230 e. The van der Waals surface area contributed by atoms with E-state index in [1.807, 2.05) is 19.1 Å². The molecular formula is C17H18N4OS. The van der Waals surface area contributed by atoms with E-state index in [2.05, 4.69) is 50.8 Å². The largest absolute Gasteiger partial charge is 0.353 e. The first-order valence-electron chi connectivity index (χ1n) is 7.46. The lowest BCUT2D eigenvalue weighted by Gasteiger charge is -2.14. The molecule has 1 heterocycles. The van der Waals surface area contributed by atoms with Crippen molar-refractivity contribution in [3.05, 3.63) is 54.4 Å². The van der Waals surface area contributed by atoms with Crippen molar-refractivity contribution in [2.45, 2.75) is 24.5 Å². The van der Waals surface area contributed by atoms with E-state index in [-0.39, 0.29) is 11.9 Å². The number of nitrogens with zero attached hydrogens (tertiary/aromatic N) is 2. The van der Waals surface area contributed by atoms with Crippen LogP contribution in [0.2, 0.25) is 0 Å². The molecule has 2 aromatic carbocycles. The van der Waals surface area contributed by atoms with Gasteiger partial charge in [-0.25, -0.2) is 4.98 Å². The second-order valence-corrected chi connectivity index (χ2v) is 6.40. The van der Waals surface area contributed by atoms with Crippen LogP contribution in [0.15, 0.2) is 53.9 Å². The maximum absolute atomic E-state index is 12.0. The van der Waals surface area contributed by atoms with Gasteiger partial charge in [0.15, 0.2) is 5.16 Å². The Bertz CT molecular complexity index is 788. The fraction of sp³-hybridized carbons (Fsp3) is 0.235. The van der Waals surface area contributed by atoms with Gasteiger partial charge in [0.25, 0.3) is 0 Å². The van der Waals surface area contributed by atoms with E-state index in [0.717, 1.165) is 6.42 Å². The summed E-state index contributed by atoms with van der Waals surface area (Å²) in [6.07, 6.45) is 2.24. The van der Waals surface area contributed by atoms with Crippen molar-refractivity contribution in [3.63, 3.8) is 0 Å². The Balaban J connectivity index is 1.53. The average molecular weight is 326 g/mol. The summed E-state index contributed by atoms with van der Waals surface area (Å²) in [5.74, 6) is 0.330. The molecule has 0 fully saturated rings. The zero-order valence-electron chi connectivity index (χ0n) is 12.8. The molecule has 0 bridgehead atoms. The molecule has 6 heteroatoms. The van der Waals surface area contributed by atoms with Crippen LogP contribution in [-0.4, -0.2) is 32.9 Å². The number of benzene rings is 2. The molecular weight excluding hydrogens is 308 g/mol. The Labute approximate surface area is 138 Å². The normalized spacial score (nSPS) is 12.2. The van der Waals surface area contributed by atoms with Crippen LogP contribution in [0.25, 0.3) is 10.8 Å². The van der Waals surface area contributed by atoms with Crippen molar-refractivity contribution >= 4 is 28.4 Å². The van der Waals surface area contributed by atoms with E-state index in [0.29, 0.717) is 10.9 Å². The van der Waals surface area contributed by atoms with Crippen LogP contribution >= 0.6 is 11.8 Å². The third kappa shape index (κ3) is 4.32. The average Bonchev–Trinajstić information content (AvgIpc) is 3.06. The fourth-order valence-electron chi connectivity index (χ4n) is 2.48. The molecule has 5 nitrogen and oxygen atoms in total. The van der Waals surface area contributed by atoms with Gasteiger partial charge < -0.3 is 5.32 Å². The van der Waals surface area contributed by atoms with E-state index in [1.54, 1.807) is 0 Å². The molecule has 0 radical (unpaired) electrons. The summed E-state index contributed by atoms with van der Waals surface area (Å²) in [4.78, 5) is 15.9. The molecule has 0 aliphatic rings. The number of fused-ring (bicyclic) bond motifs is 1. The number of rotatable bonds is 6. The number of aromatic nitrogens is 3. The molecule has 0 saturated carbocycles. The van der Waals surface area contributed by atoms with Crippen molar-refractivity contribution in [1.29, 1.82) is 0 Å². The van der Waals surface area contributed by atoms with Gasteiger partial charge in [-0.15, -0.1) is 0 Å². The van der Waals surface area contributed by atoms with Gasteiger partial charge in [0.05, 0.1) is 5.75 Å². The molecule has 3 aromatic rings. The van der Waals surface area contributed by atoms with Crippen LogP contribution in [0.4, 0.5) is 0 Å². The Kier molecular flexibility index (Phi) is 4.92. The standard InChI is InChI=1S/C17H18N4OS/c1-12(20-16(22)10-23-17-18-11-19-21-17)8-13-6-7-14-4-2-3-5-15(14)9-13/h2-7,9,11-12H,8,10H2,1H3,(H,20,22)(H,18,19,21)/t12-/m0/s1. The second-order valence-electron chi connectivity index (χ2n) is 5.43. The number of aromatic amines is 1. The van der Waals surface area contributed by atoms with Gasteiger partial charge in [-0.2, -0.15) is 5.10 Å². The zero-order chi connectivity index (χ0) is 16.1. The lowest BCUT2D eigenvalue weighted by Crippen LogP contribution is -2.35. The van der Waals surface area contributed by atoms with Crippen molar-refractivity contribution in [2.75, 3.05) is 5.75 Å². The molecule has 0 unspecified atom stereocenters. The molecule has 1 aromatic heterocycles. The number of H-pyrrole nitrogens is 1. The second kappa shape index (κ2) is 7.28. The summed E-state index contributed by atoms with van der Waals surface area (Å²) in [5, 5.41) is 12.6.